The zero-order valence-corrected chi connectivity index (χ0v) is 9.27. The molecule has 1 aromatic carbocycles. The van der Waals surface area contributed by atoms with E-state index >= 15 is 0 Å². The summed E-state index contributed by atoms with van der Waals surface area (Å²) in [5.41, 5.74) is 0.458. The van der Waals surface area contributed by atoms with Gasteiger partial charge in [0.1, 0.15) is 17.9 Å². The number of carbonyl (C=O) groups is 1. The number of nitrogens with zero attached hydrogens (tertiary/aromatic N) is 1. The maximum atomic E-state index is 11.0. The quantitative estimate of drug-likeness (QED) is 0.725. The minimum Gasteiger partial charge on any atom is -0.489 e. The molecule has 0 aliphatic rings. The van der Waals surface area contributed by atoms with Crippen molar-refractivity contribution in [3.63, 3.8) is 0 Å². The van der Waals surface area contributed by atoms with Crippen LogP contribution in [0.1, 0.15) is 18.9 Å². The van der Waals surface area contributed by atoms with E-state index in [9.17, 15) is 4.79 Å². The highest BCUT2D eigenvalue weighted by Gasteiger charge is 2.12. The van der Waals surface area contributed by atoms with Crippen LogP contribution in [-0.2, 0) is 9.53 Å². The van der Waals surface area contributed by atoms with Gasteiger partial charge >= 0.3 is 5.97 Å². The fraction of sp³-hybridized carbons (Fsp3) is 0.333. The number of hydrogen-bond acceptors (Lipinski definition) is 4. The minimum absolute atomic E-state index is 0.163. The van der Waals surface area contributed by atoms with Gasteiger partial charge in [0.05, 0.1) is 19.1 Å². The Morgan fingerprint density at radius 3 is 2.81 bits per heavy atom. The Balaban J connectivity index is 2.66. The second-order valence-corrected chi connectivity index (χ2v) is 3.32. The summed E-state index contributed by atoms with van der Waals surface area (Å²) < 4.78 is 10.0. The molecular formula is C12H13NO3. The van der Waals surface area contributed by atoms with E-state index in [1.165, 1.54) is 7.11 Å². The maximum Gasteiger partial charge on any atom is 0.309 e. The molecule has 0 saturated carbocycles. The number of nitriles is 1. The number of para-hydroxylation sites is 1. The molecule has 0 bridgehead atoms. The largest absolute Gasteiger partial charge is 0.489 e. The smallest absolute Gasteiger partial charge is 0.309 e. The Hall–Kier alpha value is -2.02. The van der Waals surface area contributed by atoms with Gasteiger partial charge in [-0.1, -0.05) is 12.1 Å². The van der Waals surface area contributed by atoms with Crippen molar-refractivity contribution in [1.29, 1.82) is 5.26 Å². The average molecular weight is 219 g/mol. The molecule has 0 heterocycles. The summed E-state index contributed by atoms with van der Waals surface area (Å²) in [6.07, 6.45) is -0.155. The number of rotatable bonds is 4. The van der Waals surface area contributed by atoms with Gasteiger partial charge in [-0.05, 0) is 19.1 Å². The first-order chi connectivity index (χ1) is 7.67. The van der Waals surface area contributed by atoms with Crippen molar-refractivity contribution < 1.29 is 14.3 Å². The molecule has 1 atom stereocenters. The summed E-state index contributed by atoms with van der Waals surface area (Å²) in [5.74, 6) is 0.156. The molecule has 0 radical (unpaired) electrons. The van der Waals surface area contributed by atoms with Gasteiger partial charge in [0, 0.05) is 0 Å². The normalized spacial score (nSPS) is 11.3. The lowest BCUT2D eigenvalue weighted by atomic mass is 10.2. The van der Waals surface area contributed by atoms with E-state index in [4.69, 9.17) is 10.00 Å². The fourth-order valence-electron chi connectivity index (χ4n) is 1.24. The van der Waals surface area contributed by atoms with E-state index in [-0.39, 0.29) is 18.5 Å². The lowest BCUT2D eigenvalue weighted by molar-refractivity contribution is -0.142. The van der Waals surface area contributed by atoms with Crippen LogP contribution in [0.25, 0.3) is 0 Å². The van der Waals surface area contributed by atoms with Crippen LogP contribution in [0, 0.1) is 11.3 Å². The van der Waals surface area contributed by atoms with Gasteiger partial charge < -0.3 is 9.47 Å². The summed E-state index contributed by atoms with van der Waals surface area (Å²) >= 11 is 0. The van der Waals surface area contributed by atoms with Gasteiger partial charge in [-0.2, -0.15) is 5.26 Å². The summed E-state index contributed by atoms with van der Waals surface area (Å²) in [7, 11) is 1.33. The molecule has 0 amide bonds. The van der Waals surface area contributed by atoms with Crippen LogP contribution in [0.15, 0.2) is 24.3 Å². The van der Waals surface area contributed by atoms with E-state index in [0.717, 1.165) is 0 Å². The van der Waals surface area contributed by atoms with Crippen LogP contribution in [0.4, 0.5) is 0 Å². The standard InChI is InChI=1S/C12H13NO3/c1-9(7-12(14)15-2)16-11-6-4-3-5-10(11)8-13/h3-6,9H,7H2,1-2H3. The lowest BCUT2D eigenvalue weighted by Gasteiger charge is -2.14. The Kier molecular flexibility index (Phi) is 4.34. The van der Waals surface area contributed by atoms with Crippen LogP contribution in [-0.4, -0.2) is 19.2 Å². The highest BCUT2D eigenvalue weighted by Crippen LogP contribution is 2.18. The molecule has 0 spiro atoms. The summed E-state index contributed by atoms with van der Waals surface area (Å²) in [5, 5.41) is 8.84. The molecular weight excluding hydrogens is 206 g/mol. The molecule has 1 unspecified atom stereocenters. The molecule has 0 aliphatic heterocycles. The minimum atomic E-state index is -0.332. The van der Waals surface area contributed by atoms with Crippen LogP contribution >= 0.6 is 0 Å². The van der Waals surface area contributed by atoms with Crippen molar-refractivity contribution in [2.75, 3.05) is 7.11 Å². The highest BCUT2D eigenvalue weighted by atomic mass is 16.5. The van der Waals surface area contributed by atoms with Crippen molar-refractivity contribution in [3.05, 3.63) is 29.8 Å². The second kappa shape index (κ2) is 5.76. The van der Waals surface area contributed by atoms with Crippen molar-refractivity contribution in [1.82, 2.24) is 0 Å². The van der Waals surface area contributed by atoms with Crippen molar-refractivity contribution in [2.24, 2.45) is 0 Å². The zero-order valence-electron chi connectivity index (χ0n) is 9.27. The number of ether oxygens (including phenoxy) is 2. The van der Waals surface area contributed by atoms with Gasteiger partial charge in [0.25, 0.3) is 0 Å². The number of benzene rings is 1. The van der Waals surface area contributed by atoms with Gasteiger partial charge in [-0.25, -0.2) is 0 Å². The third-order valence-electron chi connectivity index (χ3n) is 2.02. The van der Waals surface area contributed by atoms with Gasteiger partial charge in [0.2, 0.25) is 0 Å². The van der Waals surface area contributed by atoms with E-state index in [0.29, 0.717) is 11.3 Å². The van der Waals surface area contributed by atoms with Crippen LogP contribution in [0.2, 0.25) is 0 Å². The molecule has 0 fully saturated rings. The Morgan fingerprint density at radius 2 is 2.19 bits per heavy atom. The summed E-state index contributed by atoms with van der Waals surface area (Å²) in [6.45, 7) is 1.76. The van der Waals surface area contributed by atoms with Crippen molar-refractivity contribution in [3.8, 4) is 11.8 Å². The van der Waals surface area contributed by atoms with Crippen LogP contribution in [0.5, 0.6) is 5.75 Å². The van der Waals surface area contributed by atoms with Crippen LogP contribution < -0.4 is 4.74 Å². The van der Waals surface area contributed by atoms with Gasteiger partial charge in [-0.3, -0.25) is 4.79 Å². The van der Waals surface area contributed by atoms with Gasteiger partial charge in [0.15, 0.2) is 0 Å². The first-order valence-corrected chi connectivity index (χ1v) is 4.90. The Morgan fingerprint density at radius 1 is 1.50 bits per heavy atom. The fourth-order valence-corrected chi connectivity index (χ4v) is 1.24. The zero-order chi connectivity index (χ0) is 12.0. The molecule has 84 valence electrons. The first-order valence-electron chi connectivity index (χ1n) is 4.90. The number of esters is 1. The summed E-state index contributed by atoms with van der Waals surface area (Å²) in [6, 6.07) is 8.93. The van der Waals surface area contributed by atoms with E-state index in [1.807, 2.05) is 6.07 Å². The van der Waals surface area contributed by atoms with Crippen molar-refractivity contribution in [2.45, 2.75) is 19.4 Å². The molecule has 4 heteroatoms. The third-order valence-corrected chi connectivity index (χ3v) is 2.02. The molecule has 1 aromatic rings. The SMILES string of the molecule is COC(=O)CC(C)Oc1ccccc1C#N. The average Bonchev–Trinajstić information content (AvgIpc) is 2.29. The molecule has 0 aromatic heterocycles. The lowest BCUT2D eigenvalue weighted by Crippen LogP contribution is -2.18. The predicted molar refractivity (Wildman–Crippen MR) is 57.9 cm³/mol. The maximum absolute atomic E-state index is 11.0. The van der Waals surface area contributed by atoms with E-state index in [1.54, 1.807) is 31.2 Å². The Bertz CT molecular complexity index is 409. The van der Waals surface area contributed by atoms with E-state index < -0.39 is 0 Å². The van der Waals surface area contributed by atoms with Crippen LogP contribution in [0.3, 0.4) is 0 Å². The highest BCUT2D eigenvalue weighted by molar-refractivity contribution is 5.69. The second-order valence-electron chi connectivity index (χ2n) is 3.32. The number of methoxy groups -OCH3 is 1. The first kappa shape index (κ1) is 12.1. The number of carbonyl (C=O) groups excluding carboxylic acids is 1. The van der Waals surface area contributed by atoms with E-state index in [2.05, 4.69) is 4.74 Å². The Labute approximate surface area is 94.4 Å². The number of hydrogen-bond donors (Lipinski definition) is 0. The monoisotopic (exact) mass is 219 g/mol. The molecule has 0 saturated heterocycles. The molecule has 0 N–H and O–H groups in total. The molecule has 0 aliphatic carbocycles. The van der Waals surface area contributed by atoms with Gasteiger partial charge in [-0.15, -0.1) is 0 Å². The topological polar surface area (TPSA) is 59.3 Å². The molecule has 1 rings (SSSR count). The predicted octanol–water partition coefficient (Wildman–Crippen LogP) is 1.89. The summed E-state index contributed by atoms with van der Waals surface area (Å²) in [4.78, 5) is 11.0. The van der Waals surface area contributed by atoms with Crippen molar-refractivity contribution >= 4 is 5.97 Å². The third kappa shape index (κ3) is 3.28. The molecule has 4 nitrogen and oxygen atoms in total. The molecule has 16 heavy (non-hydrogen) atoms.